The van der Waals surface area contributed by atoms with Gasteiger partial charge in [-0.15, -0.1) is 0 Å². The summed E-state index contributed by atoms with van der Waals surface area (Å²) in [7, 11) is -3.57. The summed E-state index contributed by atoms with van der Waals surface area (Å²) in [5, 5.41) is 0. The van der Waals surface area contributed by atoms with Crippen LogP contribution in [-0.4, -0.2) is 46.2 Å². The second kappa shape index (κ2) is 7.75. The zero-order chi connectivity index (χ0) is 18.9. The Morgan fingerprint density at radius 3 is 2.63 bits per heavy atom. The molecule has 0 radical (unpaired) electrons. The Morgan fingerprint density at radius 1 is 1.11 bits per heavy atom. The van der Waals surface area contributed by atoms with Crippen molar-refractivity contribution in [1.29, 1.82) is 0 Å². The highest BCUT2D eigenvalue weighted by molar-refractivity contribution is 7.89. The normalized spacial score (nSPS) is 19.1. The molecule has 1 aromatic carbocycles. The summed E-state index contributed by atoms with van der Waals surface area (Å²) in [6.07, 6.45) is 3.10. The Bertz CT molecular complexity index is 900. The Morgan fingerprint density at radius 2 is 1.89 bits per heavy atom. The van der Waals surface area contributed by atoms with Crippen molar-refractivity contribution in [2.75, 3.05) is 32.8 Å². The summed E-state index contributed by atoms with van der Waals surface area (Å²) in [6, 6.07) is 9.19. The summed E-state index contributed by atoms with van der Waals surface area (Å²) in [5.41, 5.74) is 2.43. The molecule has 1 unspecified atom stereocenters. The maximum atomic E-state index is 12.9. The van der Waals surface area contributed by atoms with Crippen LogP contribution in [0.4, 0.5) is 0 Å². The lowest BCUT2D eigenvalue weighted by Gasteiger charge is -2.33. The molecule has 1 atom stereocenters. The molecular formula is C20H26N2O4S. The van der Waals surface area contributed by atoms with E-state index in [4.69, 9.17) is 9.15 Å². The van der Waals surface area contributed by atoms with Crippen LogP contribution in [0.25, 0.3) is 0 Å². The molecule has 0 spiro atoms. The number of hydrogen-bond acceptors (Lipinski definition) is 5. The third kappa shape index (κ3) is 4.11. The molecule has 2 aromatic rings. The van der Waals surface area contributed by atoms with Crippen LogP contribution >= 0.6 is 0 Å². The number of rotatable bonds is 6. The first-order valence-electron chi connectivity index (χ1n) is 9.52. The van der Waals surface area contributed by atoms with E-state index < -0.39 is 10.0 Å². The number of morpholine rings is 1. The molecule has 1 aliphatic carbocycles. The fourth-order valence-electron chi connectivity index (χ4n) is 3.92. The average Bonchev–Trinajstić information content (AvgIpc) is 3.31. The molecule has 1 aliphatic heterocycles. The molecule has 1 saturated heterocycles. The van der Waals surface area contributed by atoms with Crippen LogP contribution in [0.2, 0.25) is 0 Å². The summed E-state index contributed by atoms with van der Waals surface area (Å²) in [5.74, 6) is 1.61. The Balaban J connectivity index is 1.52. The summed E-state index contributed by atoms with van der Waals surface area (Å²) in [4.78, 5) is 2.56. The number of hydrogen-bond donors (Lipinski definition) is 1. The van der Waals surface area contributed by atoms with Gasteiger partial charge in [0.1, 0.15) is 11.5 Å². The van der Waals surface area contributed by atoms with E-state index >= 15 is 0 Å². The Labute approximate surface area is 160 Å². The minimum Gasteiger partial charge on any atom is -0.465 e. The van der Waals surface area contributed by atoms with Crippen molar-refractivity contribution in [1.82, 2.24) is 9.62 Å². The van der Waals surface area contributed by atoms with E-state index in [1.165, 1.54) is 5.56 Å². The molecule has 2 heterocycles. The molecule has 1 aromatic heterocycles. The van der Waals surface area contributed by atoms with Gasteiger partial charge in [0.25, 0.3) is 0 Å². The number of fused-ring (bicyclic) bond motifs is 1. The van der Waals surface area contributed by atoms with Crippen molar-refractivity contribution in [2.24, 2.45) is 0 Å². The van der Waals surface area contributed by atoms with Gasteiger partial charge in [-0.1, -0.05) is 6.07 Å². The van der Waals surface area contributed by atoms with Gasteiger partial charge in [-0.25, -0.2) is 13.1 Å². The minimum absolute atomic E-state index is 0.146. The van der Waals surface area contributed by atoms with Crippen LogP contribution in [0, 0.1) is 6.92 Å². The van der Waals surface area contributed by atoms with Crippen LogP contribution in [0.3, 0.4) is 0 Å². The highest BCUT2D eigenvalue weighted by Crippen LogP contribution is 2.26. The zero-order valence-electron chi connectivity index (χ0n) is 15.6. The molecule has 27 heavy (non-hydrogen) atoms. The van der Waals surface area contributed by atoms with Gasteiger partial charge in [0.15, 0.2) is 0 Å². The van der Waals surface area contributed by atoms with E-state index in [0.717, 1.165) is 49.4 Å². The first kappa shape index (κ1) is 18.7. The molecule has 7 heteroatoms. The maximum Gasteiger partial charge on any atom is 0.240 e. The Kier molecular flexibility index (Phi) is 5.36. The lowest BCUT2D eigenvalue weighted by atomic mass is 10.1. The van der Waals surface area contributed by atoms with Crippen LogP contribution in [0.15, 0.2) is 39.6 Å². The van der Waals surface area contributed by atoms with Gasteiger partial charge in [-0.2, -0.15) is 0 Å². The van der Waals surface area contributed by atoms with Gasteiger partial charge in [-0.05, 0) is 61.6 Å². The molecule has 2 aliphatic rings. The number of nitrogens with zero attached hydrogens (tertiary/aromatic N) is 1. The molecule has 0 amide bonds. The van der Waals surface area contributed by atoms with E-state index in [1.54, 1.807) is 6.07 Å². The number of sulfonamides is 1. The smallest absolute Gasteiger partial charge is 0.240 e. The average molecular weight is 391 g/mol. The van der Waals surface area contributed by atoms with Crippen molar-refractivity contribution >= 4 is 10.0 Å². The van der Waals surface area contributed by atoms with E-state index in [-0.39, 0.29) is 12.6 Å². The van der Waals surface area contributed by atoms with Gasteiger partial charge in [-0.3, -0.25) is 4.90 Å². The summed E-state index contributed by atoms with van der Waals surface area (Å²) in [6.45, 7) is 4.97. The fraction of sp³-hybridized carbons (Fsp3) is 0.500. The van der Waals surface area contributed by atoms with Crippen molar-refractivity contribution in [2.45, 2.75) is 37.1 Å². The lowest BCUT2D eigenvalue weighted by Crippen LogP contribution is -2.43. The molecule has 0 bridgehead atoms. The van der Waals surface area contributed by atoms with E-state index in [0.29, 0.717) is 18.1 Å². The van der Waals surface area contributed by atoms with E-state index in [9.17, 15) is 8.42 Å². The summed E-state index contributed by atoms with van der Waals surface area (Å²) < 4.78 is 39.8. The summed E-state index contributed by atoms with van der Waals surface area (Å²) >= 11 is 0. The van der Waals surface area contributed by atoms with Crippen LogP contribution in [0.5, 0.6) is 0 Å². The number of nitrogens with one attached hydrogen (secondary N) is 1. The Hall–Kier alpha value is -1.67. The largest absolute Gasteiger partial charge is 0.465 e. The predicted octanol–water partition coefficient (Wildman–Crippen LogP) is 2.43. The number of aryl methyl sites for hydroxylation is 3. The zero-order valence-corrected chi connectivity index (χ0v) is 16.4. The van der Waals surface area contributed by atoms with Crippen molar-refractivity contribution in [3.05, 3.63) is 53.0 Å². The fourth-order valence-corrected chi connectivity index (χ4v) is 5.01. The highest BCUT2D eigenvalue weighted by Gasteiger charge is 2.27. The monoisotopic (exact) mass is 390 g/mol. The highest BCUT2D eigenvalue weighted by atomic mass is 32.2. The van der Waals surface area contributed by atoms with Crippen LogP contribution in [-0.2, 0) is 27.6 Å². The molecular weight excluding hydrogens is 364 g/mol. The van der Waals surface area contributed by atoms with Gasteiger partial charge >= 0.3 is 0 Å². The number of benzene rings is 1. The molecule has 146 valence electrons. The first-order valence-corrected chi connectivity index (χ1v) is 11.0. The van der Waals surface area contributed by atoms with Gasteiger partial charge in [0.05, 0.1) is 24.2 Å². The maximum absolute atomic E-state index is 12.9. The van der Waals surface area contributed by atoms with Crippen LogP contribution in [0.1, 0.15) is 35.1 Å². The standard InChI is InChI=1S/C20H26N2O4S/c1-15-5-8-20(26-15)19(22-9-11-25-12-10-22)14-21-27(23,24)18-7-6-16-3-2-4-17(16)13-18/h5-8,13,19,21H,2-4,9-12,14H2,1H3. The topological polar surface area (TPSA) is 71.8 Å². The van der Waals surface area contributed by atoms with Gasteiger partial charge < -0.3 is 9.15 Å². The minimum atomic E-state index is -3.57. The van der Waals surface area contributed by atoms with E-state index in [1.807, 2.05) is 31.2 Å². The molecule has 4 rings (SSSR count). The number of furan rings is 1. The van der Waals surface area contributed by atoms with Crippen molar-refractivity contribution in [3.63, 3.8) is 0 Å². The third-order valence-corrected chi connectivity index (χ3v) is 6.84. The SMILES string of the molecule is Cc1ccc(C(CNS(=O)(=O)c2ccc3c(c2)CCC3)N2CCOCC2)o1. The predicted molar refractivity (Wildman–Crippen MR) is 102 cm³/mol. The second-order valence-corrected chi connectivity index (χ2v) is 9.02. The molecule has 1 N–H and O–H groups in total. The molecule has 1 fully saturated rings. The van der Waals surface area contributed by atoms with Crippen molar-refractivity contribution < 1.29 is 17.6 Å². The first-order chi connectivity index (χ1) is 13.0. The van der Waals surface area contributed by atoms with Gasteiger partial charge in [0.2, 0.25) is 10.0 Å². The quantitative estimate of drug-likeness (QED) is 0.820. The lowest BCUT2D eigenvalue weighted by molar-refractivity contribution is 0.0127. The van der Waals surface area contributed by atoms with Crippen LogP contribution < -0.4 is 4.72 Å². The number of ether oxygens (including phenoxy) is 1. The molecule has 0 saturated carbocycles. The second-order valence-electron chi connectivity index (χ2n) is 7.25. The third-order valence-electron chi connectivity index (χ3n) is 5.42. The van der Waals surface area contributed by atoms with E-state index in [2.05, 4.69) is 9.62 Å². The van der Waals surface area contributed by atoms with Crippen molar-refractivity contribution in [3.8, 4) is 0 Å². The molecule has 6 nitrogen and oxygen atoms in total. The van der Waals surface area contributed by atoms with Gasteiger partial charge in [0, 0.05) is 19.6 Å².